The Balaban J connectivity index is 1.92. The van der Waals surface area contributed by atoms with Crippen LogP contribution in [-0.4, -0.2) is 23.4 Å². The SMILES string of the molecule is CCC1C=CC(O)(CC2CO2)CC1. The van der Waals surface area contributed by atoms with E-state index in [1.54, 1.807) is 0 Å². The van der Waals surface area contributed by atoms with Crippen LogP contribution in [0.15, 0.2) is 12.2 Å². The van der Waals surface area contributed by atoms with Crippen molar-refractivity contribution < 1.29 is 9.84 Å². The van der Waals surface area contributed by atoms with E-state index in [9.17, 15) is 5.11 Å². The molecule has 0 aromatic heterocycles. The lowest BCUT2D eigenvalue weighted by Gasteiger charge is -2.30. The standard InChI is InChI=1S/C11H18O2/c1-2-9-3-5-11(12,6-4-9)7-10-8-13-10/h3,5,9-10,12H,2,4,6-8H2,1H3. The summed E-state index contributed by atoms with van der Waals surface area (Å²) in [6, 6.07) is 0. The first kappa shape index (κ1) is 9.22. The zero-order valence-corrected chi connectivity index (χ0v) is 8.20. The first-order chi connectivity index (χ1) is 6.22. The van der Waals surface area contributed by atoms with Gasteiger partial charge in [0.15, 0.2) is 0 Å². The number of aliphatic hydroxyl groups is 1. The van der Waals surface area contributed by atoms with Gasteiger partial charge in [0, 0.05) is 6.42 Å². The molecule has 1 N–H and O–H groups in total. The molecule has 2 heteroatoms. The van der Waals surface area contributed by atoms with E-state index in [0.29, 0.717) is 12.0 Å². The maximum atomic E-state index is 10.1. The van der Waals surface area contributed by atoms with Gasteiger partial charge in [-0.3, -0.25) is 0 Å². The van der Waals surface area contributed by atoms with Crippen LogP contribution < -0.4 is 0 Å². The summed E-state index contributed by atoms with van der Waals surface area (Å²) in [4.78, 5) is 0. The minimum atomic E-state index is -0.563. The smallest absolute Gasteiger partial charge is 0.0853 e. The lowest BCUT2D eigenvalue weighted by Crippen LogP contribution is -2.31. The topological polar surface area (TPSA) is 32.8 Å². The molecule has 0 amide bonds. The number of ether oxygens (including phenoxy) is 1. The summed E-state index contributed by atoms with van der Waals surface area (Å²) in [5.41, 5.74) is -0.563. The molecular formula is C11H18O2. The molecule has 1 fully saturated rings. The van der Waals surface area contributed by atoms with E-state index in [0.717, 1.165) is 25.9 Å². The quantitative estimate of drug-likeness (QED) is 0.534. The molecule has 3 atom stereocenters. The van der Waals surface area contributed by atoms with E-state index < -0.39 is 5.60 Å². The van der Waals surface area contributed by atoms with Gasteiger partial charge in [0.05, 0.1) is 18.3 Å². The summed E-state index contributed by atoms with van der Waals surface area (Å²) in [5.74, 6) is 0.681. The van der Waals surface area contributed by atoms with E-state index in [4.69, 9.17) is 4.74 Å². The van der Waals surface area contributed by atoms with Gasteiger partial charge < -0.3 is 9.84 Å². The van der Waals surface area contributed by atoms with Crippen molar-refractivity contribution in [2.75, 3.05) is 6.61 Å². The Morgan fingerprint density at radius 3 is 2.85 bits per heavy atom. The molecule has 3 unspecified atom stereocenters. The van der Waals surface area contributed by atoms with E-state index >= 15 is 0 Å². The first-order valence-corrected chi connectivity index (χ1v) is 5.25. The van der Waals surface area contributed by atoms with E-state index in [1.807, 2.05) is 6.08 Å². The molecule has 2 rings (SSSR count). The minimum absolute atomic E-state index is 0.327. The van der Waals surface area contributed by atoms with Gasteiger partial charge in [0.25, 0.3) is 0 Å². The Labute approximate surface area is 79.6 Å². The van der Waals surface area contributed by atoms with Gasteiger partial charge in [0.1, 0.15) is 0 Å². The molecule has 13 heavy (non-hydrogen) atoms. The fourth-order valence-corrected chi connectivity index (χ4v) is 2.02. The third kappa shape index (κ3) is 2.32. The van der Waals surface area contributed by atoms with Gasteiger partial charge in [-0.2, -0.15) is 0 Å². The molecule has 1 aliphatic heterocycles. The van der Waals surface area contributed by atoms with E-state index in [-0.39, 0.29) is 0 Å². The molecule has 0 bridgehead atoms. The molecule has 0 aromatic rings. The molecule has 2 nitrogen and oxygen atoms in total. The Morgan fingerprint density at radius 1 is 1.62 bits per heavy atom. The van der Waals surface area contributed by atoms with E-state index in [1.165, 1.54) is 6.42 Å². The highest BCUT2D eigenvalue weighted by atomic mass is 16.6. The maximum absolute atomic E-state index is 10.1. The van der Waals surface area contributed by atoms with Crippen molar-refractivity contribution in [1.29, 1.82) is 0 Å². The molecule has 0 saturated carbocycles. The minimum Gasteiger partial charge on any atom is -0.386 e. The maximum Gasteiger partial charge on any atom is 0.0853 e. The van der Waals surface area contributed by atoms with Crippen LogP contribution in [0.3, 0.4) is 0 Å². The first-order valence-electron chi connectivity index (χ1n) is 5.25. The van der Waals surface area contributed by atoms with Crippen molar-refractivity contribution in [3.8, 4) is 0 Å². The van der Waals surface area contributed by atoms with Gasteiger partial charge in [-0.1, -0.05) is 19.1 Å². The van der Waals surface area contributed by atoms with Crippen LogP contribution in [0, 0.1) is 5.92 Å². The Bertz CT molecular complexity index is 208. The molecule has 0 radical (unpaired) electrons. The van der Waals surface area contributed by atoms with Crippen LogP contribution in [0.25, 0.3) is 0 Å². The lowest BCUT2D eigenvalue weighted by atomic mass is 9.81. The van der Waals surface area contributed by atoms with Crippen LogP contribution in [0.5, 0.6) is 0 Å². The summed E-state index contributed by atoms with van der Waals surface area (Å²) >= 11 is 0. The van der Waals surface area contributed by atoms with Crippen molar-refractivity contribution in [1.82, 2.24) is 0 Å². The zero-order valence-electron chi connectivity index (χ0n) is 8.20. The predicted octanol–water partition coefficient (Wildman–Crippen LogP) is 1.88. The van der Waals surface area contributed by atoms with Crippen LogP contribution >= 0.6 is 0 Å². The van der Waals surface area contributed by atoms with Crippen molar-refractivity contribution >= 4 is 0 Å². The second kappa shape index (κ2) is 3.43. The average molecular weight is 182 g/mol. The van der Waals surface area contributed by atoms with Crippen molar-refractivity contribution in [2.24, 2.45) is 5.92 Å². The monoisotopic (exact) mass is 182 g/mol. The molecular weight excluding hydrogens is 164 g/mol. The van der Waals surface area contributed by atoms with Crippen molar-refractivity contribution in [3.05, 3.63) is 12.2 Å². The Kier molecular flexibility index (Phi) is 2.43. The Morgan fingerprint density at radius 2 is 2.38 bits per heavy atom. The number of epoxide rings is 1. The molecule has 0 aromatic carbocycles. The highest BCUT2D eigenvalue weighted by molar-refractivity contribution is 5.09. The summed E-state index contributed by atoms with van der Waals surface area (Å²) < 4.78 is 5.14. The summed E-state index contributed by atoms with van der Waals surface area (Å²) in [7, 11) is 0. The van der Waals surface area contributed by atoms with Crippen LogP contribution in [-0.2, 0) is 4.74 Å². The number of hydrogen-bond donors (Lipinski definition) is 1. The van der Waals surface area contributed by atoms with Crippen molar-refractivity contribution in [3.63, 3.8) is 0 Å². The second-order valence-corrected chi connectivity index (χ2v) is 4.33. The van der Waals surface area contributed by atoms with Gasteiger partial charge in [-0.25, -0.2) is 0 Å². The number of allylic oxidation sites excluding steroid dienone is 1. The predicted molar refractivity (Wildman–Crippen MR) is 51.5 cm³/mol. The molecule has 2 aliphatic rings. The lowest BCUT2D eigenvalue weighted by molar-refractivity contribution is 0.0518. The molecule has 1 saturated heterocycles. The second-order valence-electron chi connectivity index (χ2n) is 4.33. The summed E-state index contributed by atoms with van der Waals surface area (Å²) in [6.45, 7) is 3.04. The average Bonchev–Trinajstić information content (AvgIpc) is 2.89. The normalized spacial score (nSPS) is 43.5. The third-order valence-electron chi connectivity index (χ3n) is 3.13. The third-order valence-corrected chi connectivity index (χ3v) is 3.13. The highest BCUT2D eigenvalue weighted by Gasteiger charge is 2.36. The van der Waals surface area contributed by atoms with E-state index in [2.05, 4.69) is 13.0 Å². The highest BCUT2D eigenvalue weighted by Crippen LogP contribution is 2.33. The van der Waals surface area contributed by atoms with Crippen LogP contribution in [0.1, 0.15) is 32.6 Å². The van der Waals surface area contributed by atoms with Crippen LogP contribution in [0.2, 0.25) is 0 Å². The molecule has 74 valence electrons. The van der Waals surface area contributed by atoms with Gasteiger partial charge >= 0.3 is 0 Å². The summed E-state index contributed by atoms with van der Waals surface area (Å²) in [5, 5.41) is 10.1. The van der Waals surface area contributed by atoms with Gasteiger partial charge in [-0.05, 0) is 25.2 Å². The summed E-state index contributed by atoms with van der Waals surface area (Å²) in [6.07, 6.45) is 8.50. The number of rotatable bonds is 3. The molecule has 0 spiro atoms. The van der Waals surface area contributed by atoms with Crippen molar-refractivity contribution in [2.45, 2.75) is 44.3 Å². The Hall–Kier alpha value is -0.340. The zero-order chi connectivity index (χ0) is 9.31. The molecule has 1 heterocycles. The fraction of sp³-hybridized carbons (Fsp3) is 0.818. The van der Waals surface area contributed by atoms with Gasteiger partial charge in [-0.15, -0.1) is 0 Å². The molecule has 1 aliphatic carbocycles. The fourth-order valence-electron chi connectivity index (χ4n) is 2.02. The van der Waals surface area contributed by atoms with Crippen LogP contribution in [0.4, 0.5) is 0 Å². The van der Waals surface area contributed by atoms with Gasteiger partial charge in [0.2, 0.25) is 0 Å². The number of hydrogen-bond acceptors (Lipinski definition) is 2. The largest absolute Gasteiger partial charge is 0.386 e.